The summed E-state index contributed by atoms with van der Waals surface area (Å²) in [5, 5.41) is 27.2. The molecule has 0 fully saturated rings. The maximum absolute atomic E-state index is 9.92. The van der Waals surface area contributed by atoms with E-state index in [2.05, 4.69) is 4.74 Å². The number of hydrogen-bond donors (Lipinski definition) is 3. The Morgan fingerprint density at radius 1 is 1.24 bits per heavy atom. The molecule has 0 spiro atoms. The van der Waals surface area contributed by atoms with Crippen LogP contribution in [0.4, 0.5) is 0 Å². The van der Waals surface area contributed by atoms with Crippen LogP contribution in [0.15, 0.2) is 18.2 Å². The van der Waals surface area contributed by atoms with Crippen molar-refractivity contribution in [2.75, 3.05) is 7.11 Å². The van der Waals surface area contributed by atoms with Gasteiger partial charge in [0.25, 0.3) is 6.48 Å². The van der Waals surface area contributed by atoms with Gasteiger partial charge in [0.1, 0.15) is 5.75 Å². The monoisotopic (exact) mass is 242 g/mol. The van der Waals surface area contributed by atoms with Crippen LogP contribution in [0.3, 0.4) is 0 Å². The fraction of sp³-hybridized carbons (Fsp3) is 0.500. The second-order valence-electron chi connectivity index (χ2n) is 4.27. The van der Waals surface area contributed by atoms with Crippen LogP contribution in [0.2, 0.25) is 0 Å². The van der Waals surface area contributed by atoms with Gasteiger partial charge in [-0.05, 0) is 37.1 Å². The molecule has 0 saturated carbocycles. The summed E-state index contributed by atoms with van der Waals surface area (Å²) in [7, 11) is 1.52. The van der Waals surface area contributed by atoms with E-state index in [-0.39, 0.29) is 6.61 Å². The predicted octanol–water partition coefficient (Wildman–Crippen LogP) is 0.707. The smallest absolute Gasteiger partial charge is 0.266 e. The van der Waals surface area contributed by atoms with Crippen LogP contribution in [-0.2, 0) is 16.9 Å². The normalized spacial score (nSPS) is 11.9. The Morgan fingerprint density at radius 2 is 1.88 bits per heavy atom. The number of benzene rings is 1. The minimum absolute atomic E-state index is 0.0257. The molecule has 0 bridgehead atoms. The molecule has 3 N–H and O–H groups in total. The van der Waals surface area contributed by atoms with Crippen LogP contribution in [0, 0.1) is 0 Å². The lowest BCUT2D eigenvalue weighted by Gasteiger charge is -2.20. The largest absolute Gasteiger partial charge is 0.497 e. The van der Waals surface area contributed by atoms with Gasteiger partial charge in [-0.15, -0.1) is 0 Å². The van der Waals surface area contributed by atoms with Crippen LogP contribution in [0.25, 0.3) is 0 Å². The highest BCUT2D eigenvalue weighted by molar-refractivity contribution is 5.36. The fourth-order valence-electron chi connectivity index (χ4n) is 1.39. The Labute approximate surface area is 100 Å². The first-order valence-corrected chi connectivity index (χ1v) is 5.21. The molecular weight excluding hydrogens is 224 g/mol. The van der Waals surface area contributed by atoms with Crippen molar-refractivity contribution in [1.82, 2.24) is 0 Å². The Bertz CT molecular complexity index is 368. The van der Waals surface area contributed by atoms with Crippen molar-refractivity contribution in [3.8, 4) is 5.75 Å². The van der Waals surface area contributed by atoms with E-state index in [0.29, 0.717) is 16.9 Å². The lowest BCUT2D eigenvalue weighted by molar-refractivity contribution is -0.240. The van der Waals surface area contributed by atoms with Crippen molar-refractivity contribution >= 4 is 0 Å². The van der Waals surface area contributed by atoms with E-state index >= 15 is 0 Å². The van der Waals surface area contributed by atoms with E-state index < -0.39 is 12.1 Å². The van der Waals surface area contributed by atoms with Crippen LogP contribution in [0.1, 0.15) is 25.0 Å². The first-order valence-electron chi connectivity index (χ1n) is 5.21. The number of rotatable bonds is 5. The molecule has 0 aliphatic rings. The van der Waals surface area contributed by atoms with Gasteiger partial charge in [-0.2, -0.15) is 0 Å². The Morgan fingerprint density at radius 3 is 2.35 bits per heavy atom. The van der Waals surface area contributed by atoms with E-state index in [1.165, 1.54) is 7.11 Å². The molecule has 1 rings (SSSR count). The first kappa shape index (κ1) is 13.9. The van der Waals surface area contributed by atoms with E-state index in [1.807, 2.05) is 0 Å². The zero-order valence-corrected chi connectivity index (χ0v) is 10.2. The highest BCUT2D eigenvalue weighted by Crippen LogP contribution is 2.26. The Kier molecular flexibility index (Phi) is 4.47. The number of methoxy groups -OCH3 is 1. The van der Waals surface area contributed by atoms with Gasteiger partial charge in [-0.25, -0.2) is 0 Å². The molecule has 0 heterocycles. The van der Waals surface area contributed by atoms with Gasteiger partial charge >= 0.3 is 0 Å². The van der Waals surface area contributed by atoms with Gasteiger partial charge in [0, 0.05) is 0 Å². The molecule has 0 unspecified atom stereocenters. The molecule has 0 saturated heterocycles. The molecule has 0 amide bonds. The molecule has 17 heavy (non-hydrogen) atoms. The van der Waals surface area contributed by atoms with Crippen molar-refractivity contribution in [3.63, 3.8) is 0 Å². The van der Waals surface area contributed by atoms with Crippen LogP contribution in [-0.4, -0.2) is 28.9 Å². The van der Waals surface area contributed by atoms with Gasteiger partial charge in [-0.1, -0.05) is 6.07 Å². The van der Waals surface area contributed by atoms with E-state index in [4.69, 9.17) is 14.9 Å². The fourth-order valence-corrected chi connectivity index (χ4v) is 1.39. The summed E-state index contributed by atoms with van der Waals surface area (Å²) in [6.07, 6.45) is 0. The molecule has 1 aromatic rings. The quantitative estimate of drug-likeness (QED) is 0.663. The summed E-state index contributed by atoms with van der Waals surface area (Å²) in [4.78, 5) is 0. The van der Waals surface area contributed by atoms with Gasteiger partial charge < -0.3 is 24.8 Å². The second-order valence-corrected chi connectivity index (χ2v) is 4.27. The number of ether oxygens (including phenoxy) is 2. The van der Waals surface area contributed by atoms with Gasteiger partial charge in [0.2, 0.25) is 0 Å². The van der Waals surface area contributed by atoms with Crippen LogP contribution >= 0.6 is 0 Å². The van der Waals surface area contributed by atoms with Crippen LogP contribution < -0.4 is 4.74 Å². The summed E-state index contributed by atoms with van der Waals surface area (Å²) in [5.41, 5.74) is 0.360. The van der Waals surface area contributed by atoms with Crippen molar-refractivity contribution < 1.29 is 24.8 Å². The average molecular weight is 242 g/mol. The topological polar surface area (TPSA) is 79.2 Å². The molecule has 5 heteroatoms. The average Bonchev–Trinajstić information content (AvgIpc) is 2.24. The van der Waals surface area contributed by atoms with E-state index in [1.54, 1.807) is 32.0 Å². The zero-order chi connectivity index (χ0) is 13.1. The standard InChI is InChI=1S/C12H18O5/c1-12(2,15)9-4-8(7-17-11(13)14)5-10(6-9)16-3/h4-6,11,13-15H,7H2,1-3H3. The molecule has 96 valence electrons. The molecular formula is C12H18O5. The SMILES string of the molecule is COc1cc(COC(O)O)cc(C(C)(C)O)c1. The maximum Gasteiger partial charge on any atom is 0.266 e. The molecule has 0 aliphatic heterocycles. The molecule has 0 atom stereocenters. The highest BCUT2D eigenvalue weighted by Gasteiger charge is 2.17. The predicted molar refractivity (Wildman–Crippen MR) is 61.3 cm³/mol. The van der Waals surface area contributed by atoms with Crippen molar-refractivity contribution in [1.29, 1.82) is 0 Å². The molecule has 0 aromatic heterocycles. The third kappa shape index (κ3) is 4.32. The summed E-state index contributed by atoms with van der Waals surface area (Å²) in [6, 6.07) is 5.15. The van der Waals surface area contributed by atoms with Crippen LogP contribution in [0.5, 0.6) is 5.75 Å². The number of aliphatic hydroxyl groups excluding tert-OH is 1. The molecule has 0 aliphatic carbocycles. The summed E-state index contributed by atoms with van der Waals surface area (Å²) in [5.74, 6) is 0.579. The summed E-state index contributed by atoms with van der Waals surface area (Å²) in [6.45, 7) is 1.53. The highest BCUT2D eigenvalue weighted by atomic mass is 16.7. The lowest BCUT2D eigenvalue weighted by Crippen LogP contribution is -2.16. The third-order valence-corrected chi connectivity index (χ3v) is 2.31. The Balaban J connectivity index is 2.97. The minimum Gasteiger partial charge on any atom is -0.497 e. The third-order valence-electron chi connectivity index (χ3n) is 2.31. The van der Waals surface area contributed by atoms with Gasteiger partial charge in [-0.3, -0.25) is 0 Å². The molecule has 5 nitrogen and oxygen atoms in total. The molecule has 0 radical (unpaired) electrons. The lowest BCUT2D eigenvalue weighted by atomic mass is 9.96. The summed E-state index contributed by atoms with van der Waals surface area (Å²) >= 11 is 0. The van der Waals surface area contributed by atoms with Gasteiger partial charge in [0.05, 0.1) is 19.3 Å². The van der Waals surface area contributed by atoms with Crippen molar-refractivity contribution in [2.45, 2.75) is 32.5 Å². The summed E-state index contributed by atoms with van der Waals surface area (Å²) < 4.78 is 9.77. The van der Waals surface area contributed by atoms with Crippen molar-refractivity contribution in [3.05, 3.63) is 29.3 Å². The van der Waals surface area contributed by atoms with Gasteiger partial charge in [0.15, 0.2) is 0 Å². The zero-order valence-electron chi connectivity index (χ0n) is 10.2. The second kappa shape index (κ2) is 5.46. The Hall–Kier alpha value is -1.14. The number of aliphatic hydroxyl groups is 3. The van der Waals surface area contributed by atoms with E-state index in [9.17, 15) is 5.11 Å². The first-order chi connectivity index (χ1) is 7.82. The van der Waals surface area contributed by atoms with E-state index in [0.717, 1.165) is 0 Å². The van der Waals surface area contributed by atoms with Crippen molar-refractivity contribution in [2.24, 2.45) is 0 Å². The number of hydrogen-bond acceptors (Lipinski definition) is 5. The molecule has 1 aromatic carbocycles. The minimum atomic E-state index is -1.81. The maximum atomic E-state index is 9.92.